The molecule has 2 aliphatic heterocycles. The number of benzene rings is 1. The molecule has 0 saturated carbocycles. The van der Waals surface area contributed by atoms with Crippen molar-refractivity contribution in [2.75, 3.05) is 13.1 Å². The highest BCUT2D eigenvalue weighted by Crippen LogP contribution is 2.42. The number of rotatable bonds is 8. The van der Waals surface area contributed by atoms with Crippen molar-refractivity contribution in [2.45, 2.75) is 52.0 Å². The molecule has 11 heteroatoms. The van der Waals surface area contributed by atoms with Crippen LogP contribution in [0.1, 0.15) is 49.9 Å². The van der Waals surface area contributed by atoms with Gasteiger partial charge < -0.3 is 15.5 Å². The summed E-state index contributed by atoms with van der Waals surface area (Å²) in [6.45, 7) is 5.94. The summed E-state index contributed by atoms with van der Waals surface area (Å²) >= 11 is 0. The van der Waals surface area contributed by atoms with Gasteiger partial charge in [-0.3, -0.25) is 19.5 Å². The second kappa shape index (κ2) is 10.8. The van der Waals surface area contributed by atoms with E-state index in [0.29, 0.717) is 12.1 Å². The molecule has 0 unspecified atom stereocenters. The quantitative estimate of drug-likeness (QED) is 0.540. The Bertz CT molecular complexity index is 1250. The minimum absolute atomic E-state index is 0.0425. The van der Waals surface area contributed by atoms with Crippen LogP contribution >= 0.6 is 0 Å². The molecule has 8 nitrogen and oxygen atoms in total. The first-order valence-electron chi connectivity index (χ1n) is 12.5. The predicted molar refractivity (Wildman–Crippen MR) is 133 cm³/mol. The molecule has 4 rings (SSSR count). The molecular formula is C27H30F3N5O3. The zero-order chi connectivity index (χ0) is 27.6. The van der Waals surface area contributed by atoms with Crippen LogP contribution in [0.5, 0.6) is 0 Å². The Morgan fingerprint density at radius 1 is 1.16 bits per heavy atom. The SMILES string of the molecule is CCN1C(=O)N[C@@H](c2ccccc2C(F)(F)F)C2=C1CN([C@@H](CC(C)C)C(=O)NCc1ccncc1)C2=O. The Balaban J connectivity index is 1.69. The molecule has 0 bridgehead atoms. The van der Waals surface area contributed by atoms with Gasteiger partial charge in [0.2, 0.25) is 5.91 Å². The van der Waals surface area contributed by atoms with Gasteiger partial charge >= 0.3 is 12.2 Å². The van der Waals surface area contributed by atoms with Crippen molar-refractivity contribution < 1.29 is 27.6 Å². The van der Waals surface area contributed by atoms with Gasteiger partial charge in [-0.1, -0.05) is 32.0 Å². The second-order valence-corrected chi connectivity index (χ2v) is 9.72. The van der Waals surface area contributed by atoms with E-state index in [2.05, 4.69) is 15.6 Å². The molecule has 38 heavy (non-hydrogen) atoms. The molecule has 2 aliphatic rings. The molecule has 2 N–H and O–H groups in total. The first-order chi connectivity index (χ1) is 18.0. The van der Waals surface area contributed by atoms with Crippen LogP contribution in [0.25, 0.3) is 0 Å². The number of amides is 4. The second-order valence-electron chi connectivity index (χ2n) is 9.72. The summed E-state index contributed by atoms with van der Waals surface area (Å²) in [6, 6.07) is 5.66. The third-order valence-electron chi connectivity index (χ3n) is 6.73. The van der Waals surface area contributed by atoms with E-state index in [-0.39, 0.29) is 42.6 Å². The first kappa shape index (κ1) is 27.2. The molecule has 3 heterocycles. The van der Waals surface area contributed by atoms with E-state index in [9.17, 15) is 27.6 Å². The van der Waals surface area contributed by atoms with Crippen LogP contribution in [-0.4, -0.2) is 51.8 Å². The van der Waals surface area contributed by atoms with Crippen LogP contribution in [-0.2, 0) is 22.3 Å². The topological polar surface area (TPSA) is 94.6 Å². The van der Waals surface area contributed by atoms with Gasteiger partial charge in [0.05, 0.1) is 29.4 Å². The summed E-state index contributed by atoms with van der Waals surface area (Å²) in [4.78, 5) is 46.9. The highest BCUT2D eigenvalue weighted by molar-refractivity contribution is 6.03. The standard InChI is InChI=1S/C27H30F3N5O3/c1-4-34-21-15-35(20(13-16(2)3)24(36)32-14-17-9-11-31-12-10-17)25(37)22(21)23(33-26(34)38)18-7-5-6-8-19(18)27(28,29)30/h5-12,16,20,23H,4,13-15H2,1-3H3,(H,32,36)(H,33,38)/t20-,23-/m0/s1. The zero-order valence-corrected chi connectivity index (χ0v) is 21.4. The fourth-order valence-corrected chi connectivity index (χ4v) is 4.97. The lowest BCUT2D eigenvalue weighted by Crippen LogP contribution is -2.49. The third kappa shape index (κ3) is 5.36. The van der Waals surface area contributed by atoms with Crippen molar-refractivity contribution in [3.63, 3.8) is 0 Å². The molecule has 0 spiro atoms. The van der Waals surface area contributed by atoms with Crippen LogP contribution in [0.15, 0.2) is 60.1 Å². The van der Waals surface area contributed by atoms with E-state index in [0.717, 1.165) is 11.6 Å². The number of carbonyl (C=O) groups is 3. The smallest absolute Gasteiger partial charge is 0.350 e. The number of nitrogens with one attached hydrogen (secondary N) is 2. The Morgan fingerprint density at radius 3 is 2.47 bits per heavy atom. The van der Waals surface area contributed by atoms with Crippen molar-refractivity contribution in [1.29, 1.82) is 0 Å². The van der Waals surface area contributed by atoms with Crippen LogP contribution in [0.3, 0.4) is 0 Å². The molecule has 0 radical (unpaired) electrons. The number of carbonyl (C=O) groups excluding carboxylic acids is 3. The first-order valence-corrected chi connectivity index (χ1v) is 12.5. The Kier molecular flexibility index (Phi) is 7.75. The molecule has 202 valence electrons. The van der Waals surface area contributed by atoms with Gasteiger partial charge in [-0.25, -0.2) is 4.79 Å². The van der Waals surface area contributed by atoms with Crippen molar-refractivity contribution in [3.8, 4) is 0 Å². The van der Waals surface area contributed by atoms with Crippen molar-refractivity contribution in [3.05, 3.63) is 76.8 Å². The average Bonchev–Trinajstić information content (AvgIpc) is 3.22. The summed E-state index contributed by atoms with van der Waals surface area (Å²) in [6.07, 6.45) is -1.13. The molecule has 0 aliphatic carbocycles. The van der Waals surface area contributed by atoms with Crippen molar-refractivity contribution >= 4 is 17.8 Å². The maximum absolute atomic E-state index is 13.9. The number of urea groups is 1. The fourth-order valence-electron chi connectivity index (χ4n) is 4.97. The van der Waals surface area contributed by atoms with Crippen LogP contribution < -0.4 is 10.6 Å². The van der Waals surface area contributed by atoms with Gasteiger partial charge in [-0.2, -0.15) is 13.2 Å². The molecule has 1 aromatic heterocycles. The van der Waals surface area contributed by atoms with E-state index < -0.39 is 35.8 Å². The van der Waals surface area contributed by atoms with Crippen molar-refractivity contribution in [2.24, 2.45) is 5.92 Å². The molecule has 4 amide bonds. The normalized spacial score (nSPS) is 18.6. The molecule has 1 aromatic carbocycles. The summed E-state index contributed by atoms with van der Waals surface area (Å²) in [5.74, 6) is -0.899. The largest absolute Gasteiger partial charge is 0.416 e. The van der Waals surface area contributed by atoms with Gasteiger partial charge in [0.1, 0.15) is 6.04 Å². The summed E-state index contributed by atoms with van der Waals surface area (Å²) in [5, 5.41) is 5.46. The minimum atomic E-state index is -4.68. The lowest BCUT2D eigenvalue weighted by atomic mass is 9.91. The highest BCUT2D eigenvalue weighted by atomic mass is 19.4. The van der Waals surface area contributed by atoms with E-state index in [1.807, 2.05) is 13.8 Å². The number of pyridine rings is 1. The summed E-state index contributed by atoms with van der Waals surface area (Å²) in [5.41, 5.74) is 0.0619. The van der Waals surface area contributed by atoms with Crippen LogP contribution in [0, 0.1) is 5.92 Å². The highest BCUT2D eigenvalue weighted by Gasteiger charge is 2.48. The van der Waals surface area contributed by atoms with E-state index in [4.69, 9.17) is 0 Å². The predicted octanol–water partition coefficient (Wildman–Crippen LogP) is 4.01. The van der Waals surface area contributed by atoms with Gasteiger partial charge in [0, 0.05) is 25.5 Å². The minimum Gasteiger partial charge on any atom is -0.350 e. The zero-order valence-electron chi connectivity index (χ0n) is 21.4. The summed E-state index contributed by atoms with van der Waals surface area (Å²) in [7, 11) is 0. The molecule has 2 aromatic rings. The monoisotopic (exact) mass is 529 g/mol. The molecule has 2 atom stereocenters. The van der Waals surface area contributed by atoms with Crippen LogP contribution in [0.4, 0.5) is 18.0 Å². The number of halogens is 3. The van der Waals surface area contributed by atoms with Gasteiger partial charge in [0.15, 0.2) is 0 Å². The number of hydrogen-bond acceptors (Lipinski definition) is 4. The number of hydrogen-bond donors (Lipinski definition) is 2. The average molecular weight is 530 g/mol. The van der Waals surface area contributed by atoms with Gasteiger partial charge in [-0.15, -0.1) is 0 Å². The van der Waals surface area contributed by atoms with Crippen molar-refractivity contribution in [1.82, 2.24) is 25.4 Å². The number of aromatic nitrogens is 1. The maximum atomic E-state index is 13.9. The fraction of sp³-hybridized carbons (Fsp3) is 0.407. The number of alkyl halides is 3. The molecule has 0 fully saturated rings. The molecule has 0 saturated heterocycles. The lowest BCUT2D eigenvalue weighted by Gasteiger charge is -2.33. The van der Waals surface area contributed by atoms with Gasteiger partial charge in [0.25, 0.3) is 5.91 Å². The van der Waals surface area contributed by atoms with E-state index >= 15 is 0 Å². The Morgan fingerprint density at radius 2 is 1.84 bits per heavy atom. The van der Waals surface area contributed by atoms with Crippen LogP contribution in [0.2, 0.25) is 0 Å². The molecular weight excluding hydrogens is 499 g/mol. The van der Waals surface area contributed by atoms with E-state index in [1.165, 1.54) is 28.0 Å². The lowest BCUT2D eigenvalue weighted by molar-refractivity contribution is -0.139. The number of likely N-dealkylation sites (N-methyl/N-ethyl adjacent to an activating group) is 1. The van der Waals surface area contributed by atoms with Gasteiger partial charge in [-0.05, 0) is 48.6 Å². The van der Waals surface area contributed by atoms with E-state index in [1.54, 1.807) is 31.5 Å². The Labute approximate surface area is 218 Å². The Hall–Kier alpha value is -3.89. The number of nitrogens with zero attached hydrogens (tertiary/aromatic N) is 3. The maximum Gasteiger partial charge on any atom is 0.416 e. The third-order valence-corrected chi connectivity index (χ3v) is 6.73. The summed E-state index contributed by atoms with van der Waals surface area (Å²) < 4.78 is 41.6.